The van der Waals surface area contributed by atoms with E-state index >= 15 is 0 Å². The van der Waals surface area contributed by atoms with Gasteiger partial charge >= 0.3 is 12.1 Å². The molecule has 0 unspecified atom stereocenters. The van der Waals surface area contributed by atoms with E-state index < -0.39 is 35.5 Å². The van der Waals surface area contributed by atoms with Crippen molar-refractivity contribution in [1.82, 2.24) is 10.6 Å². The molecule has 156 valence electrons. The van der Waals surface area contributed by atoms with Crippen molar-refractivity contribution in [1.29, 1.82) is 0 Å². The first kappa shape index (κ1) is 21.7. The lowest BCUT2D eigenvalue weighted by atomic mass is 9.87. The number of carboxylic acid groups (broad SMARTS) is 1. The Labute approximate surface area is 168 Å². The molecule has 0 saturated carbocycles. The minimum absolute atomic E-state index is 0.0475. The van der Waals surface area contributed by atoms with Crippen molar-refractivity contribution in [3.8, 4) is 0 Å². The van der Waals surface area contributed by atoms with Crippen LogP contribution in [-0.2, 0) is 20.9 Å². The van der Waals surface area contributed by atoms with E-state index in [1.807, 2.05) is 44.2 Å². The van der Waals surface area contributed by atoms with E-state index in [0.717, 1.165) is 5.56 Å². The lowest BCUT2D eigenvalue weighted by Crippen LogP contribution is -2.53. The van der Waals surface area contributed by atoms with Crippen molar-refractivity contribution in [3.05, 3.63) is 35.9 Å². The van der Waals surface area contributed by atoms with Gasteiger partial charge in [0.25, 0.3) is 0 Å². The van der Waals surface area contributed by atoms with Crippen LogP contribution in [0.25, 0.3) is 0 Å². The topological polar surface area (TPSA) is 105 Å². The fraction of sp³-hybridized carbons (Fsp3) is 0.571. The van der Waals surface area contributed by atoms with Gasteiger partial charge in [-0.1, -0.05) is 64.9 Å². The van der Waals surface area contributed by atoms with Crippen LogP contribution in [0.2, 0.25) is 0 Å². The van der Waals surface area contributed by atoms with Gasteiger partial charge in [0, 0.05) is 1.37 Å². The lowest BCUT2D eigenvalue weighted by molar-refractivity contribution is -0.142. The van der Waals surface area contributed by atoms with Gasteiger partial charge in [-0.2, -0.15) is 0 Å². The Morgan fingerprint density at radius 1 is 1.14 bits per heavy atom. The van der Waals surface area contributed by atoms with Crippen LogP contribution in [0.4, 0.5) is 4.79 Å². The van der Waals surface area contributed by atoms with Crippen LogP contribution in [-0.4, -0.2) is 35.2 Å². The highest BCUT2D eigenvalue weighted by molar-refractivity contribution is 5.89. The zero-order valence-electron chi connectivity index (χ0n) is 18.0. The zero-order chi connectivity index (χ0) is 22.0. The van der Waals surface area contributed by atoms with Gasteiger partial charge in [-0.15, -0.1) is 0 Å². The molecule has 0 radical (unpaired) electrons. The molecule has 0 aliphatic carbocycles. The second-order valence-corrected chi connectivity index (χ2v) is 8.16. The highest BCUT2D eigenvalue weighted by Gasteiger charge is 2.30. The first-order valence-electron chi connectivity index (χ1n) is 10.0. The molecule has 7 nitrogen and oxygen atoms in total. The molecule has 0 aromatic heterocycles. The quantitative estimate of drug-likeness (QED) is 0.597. The summed E-state index contributed by atoms with van der Waals surface area (Å²) in [6, 6.07) is 7.06. The summed E-state index contributed by atoms with van der Waals surface area (Å²) in [7, 11) is 0. The van der Waals surface area contributed by atoms with E-state index in [9.17, 15) is 19.5 Å². The Morgan fingerprint density at radius 3 is 2.32 bits per heavy atom. The Balaban J connectivity index is 2.81. The maximum atomic E-state index is 12.7. The number of rotatable bonds is 9. The average Bonchev–Trinajstić information content (AvgIpc) is 2.65. The fourth-order valence-electron chi connectivity index (χ4n) is 2.63. The van der Waals surface area contributed by atoms with Crippen LogP contribution in [0.5, 0.6) is 0 Å². The SMILES string of the molecule is [2H]CC(C)(C)C[C@H](NC(=O)OCc1ccccc1)C(=O)N[C@@H](CC(C)C)C(=O)O. The van der Waals surface area contributed by atoms with Crippen LogP contribution in [0.3, 0.4) is 0 Å². The Bertz CT molecular complexity index is 679. The monoisotopic (exact) mass is 393 g/mol. The standard InChI is InChI=1S/C21H32N2O5/c1-14(2)11-16(19(25)26)22-18(24)17(12-21(3,4)5)23-20(27)28-13-15-9-7-6-8-10-15/h6-10,14,16-17H,11-13H2,1-5H3,(H,22,24)(H,23,27)(H,25,26)/t16-,17-/m0/s1/i3D. The predicted octanol–water partition coefficient (Wildman–Crippen LogP) is 3.33. The summed E-state index contributed by atoms with van der Waals surface area (Å²) in [6.45, 7) is 7.43. The Kier molecular flexibility index (Phi) is 8.29. The largest absolute Gasteiger partial charge is 0.480 e. The van der Waals surface area contributed by atoms with Crippen LogP contribution in [0.1, 0.15) is 54.4 Å². The number of carbonyl (C=O) groups excluding carboxylic acids is 2. The third-order valence-electron chi connectivity index (χ3n) is 3.90. The number of carbonyl (C=O) groups is 3. The molecule has 0 aliphatic rings. The molecular weight excluding hydrogens is 360 g/mol. The molecule has 3 N–H and O–H groups in total. The highest BCUT2D eigenvalue weighted by atomic mass is 16.5. The number of nitrogens with one attached hydrogen (secondary N) is 2. The van der Waals surface area contributed by atoms with Crippen molar-refractivity contribution in [2.75, 3.05) is 0 Å². The van der Waals surface area contributed by atoms with Gasteiger partial charge in [0.2, 0.25) is 5.91 Å². The molecule has 0 saturated heterocycles. The summed E-state index contributed by atoms with van der Waals surface area (Å²) < 4.78 is 12.8. The molecule has 1 aromatic carbocycles. The summed E-state index contributed by atoms with van der Waals surface area (Å²) in [4.78, 5) is 36.4. The summed E-state index contributed by atoms with van der Waals surface area (Å²) in [5, 5.41) is 14.4. The van der Waals surface area contributed by atoms with E-state index in [-0.39, 0.29) is 32.3 Å². The molecule has 0 bridgehead atoms. The van der Waals surface area contributed by atoms with E-state index in [0.29, 0.717) is 0 Å². The van der Waals surface area contributed by atoms with E-state index in [1.54, 1.807) is 13.8 Å². The Morgan fingerprint density at radius 2 is 1.79 bits per heavy atom. The number of hydrogen-bond acceptors (Lipinski definition) is 4. The van der Waals surface area contributed by atoms with Gasteiger partial charge in [0.1, 0.15) is 18.7 Å². The minimum atomic E-state index is -1.13. The highest BCUT2D eigenvalue weighted by Crippen LogP contribution is 2.21. The van der Waals surface area contributed by atoms with E-state index in [1.165, 1.54) is 0 Å². The summed E-state index contributed by atoms with van der Waals surface area (Å²) in [5.74, 6) is -1.66. The molecule has 0 spiro atoms. The van der Waals surface area contributed by atoms with Crippen molar-refractivity contribution in [3.63, 3.8) is 0 Å². The molecule has 0 fully saturated rings. The molecule has 0 heterocycles. The third kappa shape index (κ3) is 9.39. The second-order valence-electron chi connectivity index (χ2n) is 8.16. The maximum absolute atomic E-state index is 12.7. The van der Waals surface area contributed by atoms with Gasteiger partial charge < -0.3 is 20.5 Å². The number of hydrogen-bond donors (Lipinski definition) is 3. The average molecular weight is 394 g/mol. The van der Waals surface area contributed by atoms with Crippen molar-refractivity contribution < 1.29 is 25.6 Å². The second kappa shape index (κ2) is 10.7. The smallest absolute Gasteiger partial charge is 0.408 e. The Hall–Kier alpha value is -2.57. The lowest BCUT2D eigenvalue weighted by Gasteiger charge is -2.27. The van der Waals surface area contributed by atoms with E-state index in [2.05, 4.69) is 10.6 Å². The van der Waals surface area contributed by atoms with Crippen LogP contribution in [0.15, 0.2) is 30.3 Å². The van der Waals surface area contributed by atoms with Gasteiger partial charge in [0.05, 0.1) is 0 Å². The van der Waals surface area contributed by atoms with Gasteiger partial charge in [-0.05, 0) is 29.7 Å². The predicted molar refractivity (Wildman–Crippen MR) is 107 cm³/mol. The number of amides is 2. The molecule has 28 heavy (non-hydrogen) atoms. The zero-order valence-corrected chi connectivity index (χ0v) is 17.0. The number of alkyl carbamates (subject to hydrolysis) is 1. The molecule has 0 aliphatic heterocycles. The molecule has 7 heteroatoms. The van der Waals surface area contributed by atoms with Gasteiger partial charge in [0.15, 0.2) is 0 Å². The van der Waals surface area contributed by atoms with Gasteiger partial charge in [-0.3, -0.25) is 4.79 Å². The van der Waals surface area contributed by atoms with Crippen LogP contribution >= 0.6 is 0 Å². The van der Waals surface area contributed by atoms with E-state index in [4.69, 9.17) is 6.11 Å². The first-order valence-corrected chi connectivity index (χ1v) is 9.33. The molecule has 1 rings (SSSR count). The molecule has 2 atom stereocenters. The fourth-order valence-corrected chi connectivity index (χ4v) is 2.63. The van der Waals surface area contributed by atoms with Crippen molar-refractivity contribution in [2.45, 2.75) is 66.1 Å². The number of ether oxygens (including phenoxy) is 1. The summed E-state index contributed by atoms with van der Waals surface area (Å²) in [6.07, 6.45) is -0.323. The maximum Gasteiger partial charge on any atom is 0.408 e. The van der Waals surface area contributed by atoms with Gasteiger partial charge in [-0.25, -0.2) is 9.59 Å². The number of benzene rings is 1. The van der Waals surface area contributed by atoms with Crippen LogP contribution < -0.4 is 10.6 Å². The summed E-state index contributed by atoms with van der Waals surface area (Å²) >= 11 is 0. The molecule has 1 aromatic rings. The number of carboxylic acids is 1. The van der Waals surface area contributed by atoms with Crippen molar-refractivity contribution >= 4 is 18.0 Å². The first-order chi connectivity index (χ1) is 13.5. The third-order valence-corrected chi connectivity index (χ3v) is 3.90. The normalized spacial score (nSPS) is 14.0. The number of aliphatic carboxylic acids is 1. The molecular formula is C21H32N2O5. The van der Waals surface area contributed by atoms with Crippen LogP contribution in [0, 0.1) is 11.3 Å². The molecule has 2 amide bonds. The minimum Gasteiger partial charge on any atom is -0.480 e. The van der Waals surface area contributed by atoms with Crippen molar-refractivity contribution in [2.24, 2.45) is 11.3 Å². The summed E-state index contributed by atoms with van der Waals surface area (Å²) in [5.41, 5.74) is 0.254.